The molecule has 3 rings (SSSR count). The van der Waals surface area contributed by atoms with Gasteiger partial charge >= 0.3 is 11.9 Å². The second kappa shape index (κ2) is 13.0. The van der Waals surface area contributed by atoms with E-state index in [1.165, 1.54) is 11.1 Å². The third kappa shape index (κ3) is 8.23. The average Bonchev–Trinajstić information content (AvgIpc) is 2.81. The number of carbonyl (C=O) groups is 2. The molecule has 10 heteroatoms. The average molecular weight is 525 g/mol. The summed E-state index contributed by atoms with van der Waals surface area (Å²) in [5.41, 5.74) is 2.38. The molecule has 0 radical (unpaired) electrons. The zero-order valence-corrected chi connectivity index (χ0v) is 20.5. The standard InChI is InChI=1S/C21H27BrN2O3.C2H2O4/c1-25-19-5-7-21(27-3)17(13-19)15-24-10-8-23(9-11-24)14-16-12-18(22)4-6-20(16)26-2;3-1(4)2(5)6/h4-7,12-13H,8-11,14-15H2,1-3H3;(H,3,4)(H,5,6). The van der Waals surface area contributed by atoms with Crippen molar-refractivity contribution in [1.82, 2.24) is 9.80 Å². The number of carboxylic acids is 2. The summed E-state index contributed by atoms with van der Waals surface area (Å²) in [7, 11) is 5.14. The summed E-state index contributed by atoms with van der Waals surface area (Å²) < 4.78 is 17.5. The quantitative estimate of drug-likeness (QED) is 0.528. The Morgan fingerprint density at radius 2 is 1.24 bits per heavy atom. The van der Waals surface area contributed by atoms with Crippen LogP contribution in [0.5, 0.6) is 17.2 Å². The molecule has 0 aromatic heterocycles. The van der Waals surface area contributed by atoms with E-state index in [1.54, 1.807) is 21.3 Å². The maximum atomic E-state index is 9.10. The summed E-state index contributed by atoms with van der Waals surface area (Å²) in [6.45, 7) is 5.88. The van der Waals surface area contributed by atoms with Crippen LogP contribution in [0.1, 0.15) is 11.1 Å². The van der Waals surface area contributed by atoms with Gasteiger partial charge in [-0.15, -0.1) is 0 Å². The topological polar surface area (TPSA) is 109 Å². The van der Waals surface area contributed by atoms with Gasteiger partial charge in [0.1, 0.15) is 17.2 Å². The normalized spacial score (nSPS) is 14.1. The number of hydrogen-bond acceptors (Lipinski definition) is 7. The fourth-order valence-electron chi connectivity index (χ4n) is 3.46. The fourth-order valence-corrected chi connectivity index (χ4v) is 3.87. The van der Waals surface area contributed by atoms with Gasteiger partial charge < -0.3 is 24.4 Å². The molecule has 0 atom stereocenters. The van der Waals surface area contributed by atoms with Crippen LogP contribution >= 0.6 is 15.9 Å². The molecule has 1 heterocycles. The van der Waals surface area contributed by atoms with Gasteiger partial charge in [-0.05, 0) is 36.4 Å². The Morgan fingerprint density at radius 3 is 1.67 bits per heavy atom. The molecule has 1 aliphatic rings. The van der Waals surface area contributed by atoms with E-state index in [0.717, 1.165) is 61.0 Å². The molecule has 0 aliphatic carbocycles. The van der Waals surface area contributed by atoms with Crippen LogP contribution in [-0.2, 0) is 22.7 Å². The van der Waals surface area contributed by atoms with Crippen molar-refractivity contribution in [3.05, 3.63) is 52.0 Å². The van der Waals surface area contributed by atoms with Crippen molar-refractivity contribution in [3.63, 3.8) is 0 Å². The second-order valence-corrected chi connectivity index (χ2v) is 8.21. The Morgan fingerprint density at radius 1 is 0.788 bits per heavy atom. The molecule has 2 aromatic rings. The summed E-state index contributed by atoms with van der Waals surface area (Å²) in [5, 5.41) is 14.8. The van der Waals surface area contributed by atoms with Gasteiger partial charge in [0.05, 0.1) is 21.3 Å². The highest BCUT2D eigenvalue weighted by Gasteiger charge is 2.20. The van der Waals surface area contributed by atoms with E-state index in [4.69, 9.17) is 34.0 Å². The third-order valence-corrected chi connectivity index (χ3v) is 5.66. The van der Waals surface area contributed by atoms with E-state index in [-0.39, 0.29) is 0 Å². The number of aliphatic carboxylic acids is 2. The Balaban J connectivity index is 0.000000569. The van der Waals surface area contributed by atoms with Crippen LogP contribution < -0.4 is 14.2 Å². The first-order chi connectivity index (χ1) is 15.8. The molecular formula is C23H29BrN2O7. The second-order valence-electron chi connectivity index (χ2n) is 7.30. The molecular weight excluding hydrogens is 496 g/mol. The van der Waals surface area contributed by atoms with Crippen LogP contribution in [-0.4, -0.2) is 79.5 Å². The van der Waals surface area contributed by atoms with Crippen LogP contribution in [0.15, 0.2) is 40.9 Å². The van der Waals surface area contributed by atoms with E-state index in [2.05, 4.69) is 37.9 Å². The molecule has 0 unspecified atom stereocenters. The fraction of sp³-hybridized carbons (Fsp3) is 0.391. The first-order valence-corrected chi connectivity index (χ1v) is 11.0. The zero-order valence-electron chi connectivity index (χ0n) is 18.9. The molecule has 9 nitrogen and oxygen atoms in total. The number of nitrogens with zero attached hydrogens (tertiary/aromatic N) is 2. The first kappa shape index (κ1) is 26.4. The zero-order chi connectivity index (χ0) is 24.4. The van der Waals surface area contributed by atoms with Crippen molar-refractivity contribution in [2.45, 2.75) is 13.1 Å². The molecule has 33 heavy (non-hydrogen) atoms. The van der Waals surface area contributed by atoms with Crippen molar-refractivity contribution in [2.24, 2.45) is 0 Å². The van der Waals surface area contributed by atoms with Gasteiger partial charge in [0.15, 0.2) is 0 Å². The van der Waals surface area contributed by atoms with Gasteiger partial charge in [0.2, 0.25) is 0 Å². The number of hydrogen-bond donors (Lipinski definition) is 2. The Bertz CT molecular complexity index is 934. The lowest BCUT2D eigenvalue weighted by Crippen LogP contribution is -2.45. The number of methoxy groups -OCH3 is 3. The molecule has 0 saturated carbocycles. The minimum atomic E-state index is -1.82. The van der Waals surface area contributed by atoms with Crippen molar-refractivity contribution in [2.75, 3.05) is 47.5 Å². The number of carboxylic acid groups (broad SMARTS) is 2. The summed E-state index contributed by atoms with van der Waals surface area (Å²) in [6, 6.07) is 12.2. The minimum Gasteiger partial charge on any atom is -0.497 e. The van der Waals surface area contributed by atoms with E-state index < -0.39 is 11.9 Å². The predicted molar refractivity (Wildman–Crippen MR) is 126 cm³/mol. The number of ether oxygens (including phenoxy) is 3. The molecule has 0 bridgehead atoms. The number of halogens is 1. The first-order valence-electron chi connectivity index (χ1n) is 10.2. The lowest BCUT2D eigenvalue weighted by atomic mass is 10.1. The van der Waals surface area contributed by atoms with Gasteiger partial charge in [-0.1, -0.05) is 15.9 Å². The summed E-state index contributed by atoms with van der Waals surface area (Å²) in [5.74, 6) is -0.921. The van der Waals surface area contributed by atoms with E-state index in [9.17, 15) is 0 Å². The molecule has 1 fully saturated rings. The van der Waals surface area contributed by atoms with Gasteiger partial charge in [0.25, 0.3) is 0 Å². The Kier molecular flexibility index (Phi) is 10.4. The molecule has 180 valence electrons. The van der Waals surface area contributed by atoms with Crippen LogP contribution in [0.3, 0.4) is 0 Å². The smallest absolute Gasteiger partial charge is 0.414 e. The molecule has 2 N–H and O–H groups in total. The molecule has 2 aromatic carbocycles. The van der Waals surface area contributed by atoms with Crippen LogP contribution in [0.4, 0.5) is 0 Å². The SMILES string of the molecule is COc1ccc(OC)c(CN2CCN(Cc3cc(Br)ccc3OC)CC2)c1.O=C(O)C(=O)O. The summed E-state index contributed by atoms with van der Waals surface area (Å²) in [4.78, 5) is 23.1. The highest BCUT2D eigenvalue weighted by molar-refractivity contribution is 9.10. The maximum Gasteiger partial charge on any atom is 0.414 e. The maximum absolute atomic E-state index is 9.10. The van der Waals surface area contributed by atoms with Gasteiger partial charge in [0, 0.05) is 54.9 Å². The third-order valence-electron chi connectivity index (χ3n) is 5.17. The lowest BCUT2D eigenvalue weighted by molar-refractivity contribution is -0.159. The van der Waals surface area contributed by atoms with Crippen LogP contribution in [0.2, 0.25) is 0 Å². The van der Waals surface area contributed by atoms with Crippen molar-refractivity contribution >= 4 is 27.9 Å². The molecule has 1 aliphatic heterocycles. The number of piperazine rings is 1. The number of benzene rings is 2. The highest BCUT2D eigenvalue weighted by Crippen LogP contribution is 2.27. The molecule has 0 amide bonds. The van der Waals surface area contributed by atoms with Crippen LogP contribution in [0, 0.1) is 0 Å². The van der Waals surface area contributed by atoms with Crippen LogP contribution in [0.25, 0.3) is 0 Å². The van der Waals surface area contributed by atoms with Crippen molar-refractivity contribution in [3.8, 4) is 17.2 Å². The predicted octanol–water partition coefficient (Wildman–Crippen LogP) is 2.95. The Hall–Kier alpha value is -2.82. The minimum absolute atomic E-state index is 0.867. The van der Waals surface area contributed by atoms with E-state index >= 15 is 0 Å². The van der Waals surface area contributed by atoms with Crippen molar-refractivity contribution < 1.29 is 34.0 Å². The van der Waals surface area contributed by atoms with Gasteiger partial charge in [-0.3, -0.25) is 9.80 Å². The number of rotatable bonds is 7. The van der Waals surface area contributed by atoms with Gasteiger partial charge in [-0.2, -0.15) is 0 Å². The van der Waals surface area contributed by atoms with Crippen molar-refractivity contribution in [1.29, 1.82) is 0 Å². The summed E-state index contributed by atoms with van der Waals surface area (Å²) >= 11 is 3.56. The monoisotopic (exact) mass is 524 g/mol. The lowest BCUT2D eigenvalue weighted by Gasteiger charge is -2.35. The molecule has 1 saturated heterocycles. The summed E-state index contributed by atoms with van der Waals surface area (Å²) in [6.07, 6.45) is 0. The van der Waals surface area contributed by atoms with Gasteiger partial charge in [-0.25, -0.2) is 9.59 Å². The molecule has 0 spiro atoms. The largest absolute Gasteiger partial charge is 0.497 e. The highest BCUT2D eigenvalue weighted by atomic mass is 79.9. The Labute approximate surface area is 201 Å². The van der Waals surface area contributed by atoms with E-state index in [1.807, 2.05) is 24.3 Å². The van der Waals surface area contributed by atoms with E-state index in [0.29, 0.717) is 0 Å².